The number of fused-ring (bicyclic) bond motifs is 1. The second-order valence-corrected chi connectivity index (χ2v) is 11.9. The van der Waals surface area contributed by atoms with E-state index < -0.39 is 14.1 Å². The van der Waals surface area contributed by atoms with E-state index in [1.807, 2.05) is 26.2 Å². The number of carbonyl (C=O) groups excluding carboxylic acids is 1. The minimum atomic E-state index is -1.51. The fourth-order valence-corrected chi connectivity index (χ4v) is 2.50. The maximum absolute atomic E-state index is 11.7. The lowest BCUT2D eigenvalue weighted by molar-refractivity contribution is -0.878. The van der Waals surface area contributed by atoms with Crippen LogP contribution < -0.4 is 15.6 Å². The molecule has 0 aliphatic carbocycles. The number of quaternary nitrogens is 1. The summed E-state index contributed by atoms with van der Waals surface area (Å²) in [6.07, 6.45) is 1.71. The largest absolute Gasteiger partial charge is 0.351 e. The minimum absolute atomic E-state index is 0.355. The molecule has 2 heterocycles. The van der Waals surface area contributed by atoms with Gasteiger partial charge in [-0.3, -0.25) is 4.90 Å². The van der Waals surface area contributed by atoms with Gasteiger partial charge < -0.3 is 5.73 Å². The normalized spacial score (nSPS) is 14.5. The van der Waals surface area contributed by atoms with Gasteiger partial charge in [0.25, 0.3) is 0 Å². The van der Waals surface area contributed by atoms with Crippen LogP contribution in [0.1, 0.15) is 5.82 Å². The zero-order valence-corrected chi connectivity index (χ0v) is 15.0. The lowest BCUT2D eigenvalue weighted by atomic mass is 10.4. The molecule has 2 amide bonds. The number of aromatic nitrogens is 2. The smallest absolute Gasteiger partial charge is 0.322 e. The van der Waals surface area contributed by atoms with E-state index in [2.05, 4.69) is 41.1 Å². The molecule has 1 aliphatic heterocycles. The number of anilines is 2. The minimum Gasteiger partial charge on any atom is -0.351 e. The first-order valence-corrected chi connectivity index (χ1v) is 10.6. The fourth-order valence-electron chi connectivity index (χ4n) is 2.01. The van der Waals surface area contributed by atoms with Crippen molar-refractivity contribution in [3.8, 4) is 11.5 Å². The summed E-state index contributed by atoms with van der Waals surface area (Å²) in [7, 11) is 4.51. The topological polar surface area (TPSA) is 75.3 Å². The van der Waals surface area contributed by atoms with Crippen LogP contribution in [0.2, 0.25) is 19.6 Å². The van der Waals surface area contributed by atoms with Crippen LogP contribution in [0.3, 0.4) is 0 Å². The highest BCUT2D eigenvalue weighted by atomic mass is 28.3. The van der Waals surface area contributed by atoms with Gasteiger partial charge in [0.05, 0.1) is 27.3 Å². The summed E-state index contributed by atoms with van der Waals surface area (Å²) in [4.78, 5) is 21.9. The van der Waals surface area contributed by atoms with Crippen molar-refractivity contribution in [1.29, 1.82) is 0 Å². The first-order valence-electron chi connectivity index (χ1n) is 7.06. The third kappa shape index (κ3) is 3.37. The average Bonchev–Trinajstić information content (AvgIpc) is 2.74. The van der Waals surface area contributed by atoms with Crippen LogP contribution in [0.5, 0.6) is 0 Å². The van der Waals surface area contributed by atoms with Gasteiger partial charge in [0.1, 0.15) is 14.7 Å². The molecule has 1 aliphatic rings. The fraction of sp³-hybridized carbons (Fsp3) is 0.500. The lowest BCUT2D eigenvalue weighted by Gasteiger charge is -2.34. The Hall–Kier alpha value is -2.11. The van der Waals surface area contributed by atoms with Crippen molar-refractivity contribution < 1.29 is 9.39 Å². The molecule has 0 spiro atoms. The van der Waals surface area contributed by atoms with Gasteiger partial charge in [-0.15, -0.1) is 5.54 Å². The van der Waals surface area contributed by atoms with Crippen molar-refractivity contribution in [3.63, 3.8) is 0 Å². The number of hydrogen-bond acceptors (Lipinski definition) is 4. The summed E-state index contributed by atoms with van der Waals surface area (Å²) >= 11 is 0. The Balaban J connectivity index is 2.48. The Labute approximate surface area is 132 Å². The molecule has 7 nitrogen and oxygen atoms in total. The summed E-state index contributed by atoms with van der Waals surface area (Å²) in [5.41, 5.74) is 9.48. The Morgan fingerprint density at radius 2 is 2.00 bits per heavy atom. The number of nitrogens with zero attached hydrogens (tertiary/aromatic N) is 5. The Morgan fingerprint density at radius 1 is 1.36 bits per heavy atom. The van der Waals surface area contributed by atoms with Gasteiger partial charge in [0.2, 0.25) is 5.82 Å². The van der Waals surface area contributed by atoms with E-state index in [1.165, 1.54) is 4.90 Å². The molecule has 0 atom stereocenters. The summed E-state index contributed by atoms with van der Waals surface area (Å²) < 4.78 is 0.514. The quantitative estimate of drug-likeness (QED) is 0.476. The van der Waals surface area contributed by atoms with Crippen LogP contribution in [0.4, 0.5) is 16.3 Å². The molecule has 0 saturated heterocycles. The number of rotatable bonds is 1. The summed E-state index contributed by atoms with van der Waals surface area (Å²) in [5.74, 6) is 3.96. The highest BCUT2D eigenvalue weighted by Crippen LogP contribution is 2.35. The molecule has 8 heteroatoms. The van der Waals surface area contributed by atoms with Crippen molar-refractivity contribution in [2.24, 2.45) is 5.73 Å². The van der Waals surface area contributed by atoms with Gasteiger partial charge >= 0.3 is 6.03 Å². The highest BCUT2D eigenvalue weighted by Gasteiger charge is 2.38. The number of primary amides is 1. The van der Waals surface area contributed by atoms with Crippen LogP contribution in [0, 0.1) is 11.5 Å². The predicted octanol–water partition coefficient (Wildman–Crippen LogP) is 0.989. The number of carbonyl (C=O) groups is 1. The summed E-state index contributed by atoms with van der Waals surface area (Å²) in [6, 6.07) is -0.528. The maximum Gasteiger partial charge on any atom is 0.322 e. The lowest BCUT2D eigenvalue weighted by Crippen LogP contribution is -2.54. The summed E-state index contributed by atoms with van der Waals surface area (Å²) in [6.45, 7) is 6.82. The zero-order valence-electron chi connectivity index (χ0n) is 14.0. The number of urea groups is 1. The standard InChI is InChI=1S/C14H22N6OSi/c1-20(2,3)19-10-18(14(15)21)13-11(19)9-16-12(17-13)7-8-22(4,5)6/h9H,10H2,1-6H3,(H-,15,21)/p+1. The molecule has 2 rings (SSSR count). The number of hydrogen-bond donors (Lipinski definition) is 1. The van der Waals surface area contributed by atoms with Crippen LogP contribution >= 0.6 is 0 Å². The van der Waals surface area contributed by atoms with Crippen LogP contribution in [-0.4, -0.2) is 56.5 Å². The maximum atomic E-state index is 11.7. The molecule has 0 bridgehead atoms. The van der Waals surface area contributed by atoms with Gasteiger partial charge in [-0.2, -0.15) is 5.01 Å². The SMILES string of the molecule is C[N+](C)(C)N1CN(C(N)=O)c2nc(C#C[Si](C)(C)C)ncc21. The van der Waals surface area contributed by atoms with Gasteiger partial charge in [-0.25, -0.2) is 19.4 Å². The zero-order chi connectivity index (χ0) is 16.7. The Bertz CT molecular complexity index is 665. The predicted molar refractivity (Wildman–Crippen MR) is 89.7 cm³/mol. The molecule has 1 aromatic rings. The Kier molecular flexibility index (Phi) is 3.89. The second-order valence-electron chi connectivity index (χ2n) is 7.15. The average molecular weight is 319 g/mol. The van der Waals surface area contributed by atoms with E-state index >= 15 is 0 Å². The molecule has 0 fully saturated rings. The van der Waals surface area contributed by atoms with E-state index in [0.717, 1.165) is 5.69 Å². The van der Waals surface area contributed by atoms with Crippen LogP contribution in [-0.2, 0) is 0 Å². The van der Waals surface area contributed by atoms with Gasteiger partial charge in [0, 0.05) is 0 Å². The van der Waals surface area contributed by atoms with Crippen molar-refractivity contribution >= 4 is 25.6 Å². The number of nitrogens with two attached hydrogens (primary N) is 1. The molecular formula is C14H23N6OSi+. The first kappa shape index (κ1) is 16.3. The Morgan fingerprint density at radius 3 is 2.50 bits per heavy atom. The van der Waals surface area contributed by atoms with Crippen molar-refractivity contribution in [3.05, 3.63) is 12.0 Å². The third-order valence-corrected chi connectivity index (χ3v) is 3.97. The van der Waals surface area contributed by atoms with Crippen LogP contribution in [0.15, 0.2) is 6.20 Å². The molecule has 0 saturated carbocycles. The van der Waals surface area contributed by atoms with E-state index in [4.69, 9.17) is 5.73 Å². The molecule has 1 aromatic heterocycles. The van der Waals surface area contributed by atoms with Crippen LogP contribution in [0.25, 0.3) is 0 Å². The second kappa shape index (κ2) is 5.26. The van der Waals surface area contributed by atoms with E-state index in [1.54, 1.807) is 6.20 Å². The molecule has 0 unspecified atom stereocenters. The first-order chi connectivity index (χ1) is 9.99. The van der Waals surface area contributed by atoms with E-state index in [9.17, 15) is 4.79 Å². The van der Waals surface area contributed by atoms with Crippen molar-refractivity contribution in [1.82, 2.24) is 9.97 Å². The monoisotopic (exact) mass is 319 g/mol. The van der Waals surface area contributed by atoms with Gasteiger partial charge in [-0.05, 0) is 5.92 Å². The van der Waals surface area contributed by atoms with Crippen molar-refractivity contribution in [2.45, 2.75) is 19.6 Å². The number of amides is 2. The summed E-state index contributed by atoms with van der Waals surface area (Å²) in [5, 5.41) is 2.00. The molecule has 118 valence electrons. The molecule has 0 radical (unpaired) electrons. The highest BCUT2D eigenvalue weighted by molar-refractivity contribution is 6.83. The van der Waals surface area contributed by atoms with Crippen molar-refractivity contribution in [2.75, 3.05) is 37.7 Å². The van der Waals surface area contributed by atoms with E-state index in [-0.39, 0.29) is 0 Å². The molecule has 0 aromatic carbocycles. The van der Waals surface area contributed by atoms with Gasteiger partial charge in [-0.1, -0.05) is 19.6 Å². The third-order valence-electron chi connectivity index (χ3n) is 3.10. The van der Waals surface area contributed by atoms with E-state index in [0.29, 0.717) is 22.9 Å². The molecular weight excluding hydrogens is 296 g/mol. The molecule has 2 N–H and O–H groups in total. The molecule has 22 heavy (non-hydrogen) atoms. The van der Waals surface area contributed by atoms with Gasteiger partial charge in [0.15, 0.2) is 11.5 Å².